The summed E-state index contributed by atoms with van der Waals surface area (Å²) in [7, 11) is -2.20. The van der Waals surface area contributed by atoms with E-state index in [2.05, 4.69) is 0 Å². The van der Waals surface area contributed by atoms with Crippen molar-refractivity contribution in [2.24, 2.45) is 0 Å². The van der Waals surface area contributed by atoms with Crippen LogP contribution < -0.4 is 4.74 Å². The van der Waals surface area contributed by atoms with E-state index >= 15 is 0 Å². The Bertz CT molecular complexity index is 1290. The molecule has 0 heterocycles. The molecule has 3 rings (SSSR count). The molecule has 12 heteroatoms. The van der Waals surface area contributed by atoms with Crippen molar-refractivity contribution in [3.8, 4) is 5.75 Å². The van der Waals surface area contributed by atoms with Crippen LogP contribution in [0.2, 0.25) is 5.02 Å². The maximum absolute atomic E-state index is 14.4. The maximum atomic E-state index is 14.4. The molecule has 2 aromatic rings. The minimum Gasteiger partial charge on any atom is -0.496 e. The van der Waals surface area contributed by atoms with Crippen LogP contribution in [0, 0.1) is 5.82 Å². The number of rotatable bonds is 7. The van der Waals surface area contributed by atoms with Crippen LogP contribution in [0.15, 0.2) is 42.0 Å². The molecule has 0 aliphatic heterocycles. The van der Waals surface area contributed by atoms with Crippen LogP contribution in [0.25, 0.3) is 0 Å². The van der Waals surface area contributed by atoms with Crippen LogP contribution in [0.3, 0.4) is 0 Å². The summed E-state index contributed by atoms with van der Waals surface area (Å²) in [5.41, 5.74) is 1.16. The molecular weight excluding hydrogens is 517 g/mol. The average molecular weight is 544 g/mol. The highest BCUT2D eigenvalue weighted by atomic mass is 35.5. The van der Waals surface area contributed by atoms with Crippen LogP contribution in [0.4, 0.5) is 4.39 Å². The van der Waals surface area contributed by atoms with E-state index in [0.717, 1.165) is 0 Å². The van der Waals surface area contributed by atoms with Gasteiger partial charge in [-0.15, -0.1) is 0 Å². The summed E-state index contributed by atoms with van der Waals surface area (Å²) in [6.07, 6.45) is 2.16. The largest absolute Gasteiger partial charge is 0.496 e. The molecule has 0 saturated heterocycles. The van der Waals surface area contributed by atoms with Gasteiger partial charge in [0.2, 0.25) is 0 Å². The molecule has 0 saturated carbocycles. The zero-order valence-electron chi connectivity index (χ0n) is 20.0. The molecule has 0 spiro atoms. The fourth-order valence-corrected chi connectivity index (χ4v) is 3.98. The molecule has 0 fully saturated rings. The molecule has 1 aliphatic rings. The number of halogens is 2. The zero-order valence-corrected chi connectivity index (χ0v) is 21.6. The second-order valence-corrected chi connectivity index (χ2v) is 10.2. The lowest BCUT2D eigenvalue weighted by molar-refractivity contribution is -0.132. The summed E-state index contributed by atoms with van der Waals surface area (Å²) in [4.78, 5) is 26.3. The van der Waals surface area contributed by atoms with Gasteiger partial charge in [0.05, 0.1) is 31.2 Å². The Kier molecular flexibility index (Phi) is 9.75. The van der Waals surface area contributed by atoms with Crippen LogP contribution in [0.5, 0.6) is 5.75 Å². The van der Waals surface area contributed by atoms with E-state index in [1.165, 1.54) is 25.3 Å². The fourth-order valence-electron chi connectivity index (χ4n) is 3.78. The summed E-state index contributed by atoms with van der Waals surface area (Å²) >= 11 is 5.88. The predicted molar refractivity (Wildman–Crippen MR) is 132 cm³/mol. The van der Waals surface area contributed by atoms with Crippen LogP contribution in [-0.2, 0) is 21.3 Å². The topological polar surface area (TPSA) is 141 Å². The monoisotopic (exact) mass is 543 g/mol. The van der Waals surface area contributed by atoms with Crippen molar-refractivity contribution in [1.82, 2.24) is 4.90 Å². The van der Waals surface area contributed by atoms with E-state index in [1.807, 2.05) is 13.8 Å². The predicted octanol–water partition coefficient (Wildman–Crippen LogP) is 3.49. The third-order valence-electron chi connectivity index (χ3n) is 5.41. The number of aliphatic hydroxyl groups excluding tert-OH is 1. The fraction of sp³-hybridized carbons (Fsp3) is 0.333. The first-order valence-electron chi connectivity index (χ1n) is 10.6. The Balaban J connectivity index is 0.000000830. The number of ketones is 1. The third kappa shape index (κ3) is 7.11. The molecule has 2 aromatic carbocycles. The Morgan fingerprint density at radius 1 is 1.25 bits per heavy atom. The van der Waals surface area contributed by atoms with Crippen LogP contribution in [-0.4, -0.2) is 66.0 Å². The van der Waals surface area contributed by atoms with E-state index in [4.69, 9.17) is 20.9 Å². The number of fused-ring (bicyclic) bond motifs is 1. The number of carbonyl (C=O) groups excluding carboxylic acids is 1. The minimum atomic E-state index is -3.67. The highest BCUT2D eigenvalue weighted by Crippen LogP contribution is 2.38. The van der Waals surface area contributed by atoms with Gasteiger partial charge in [0, 0.05) is 18.0 Å². The van der Waals surface area contributed by atoms with Crippen molar-refractivity contribution in [2.75, 3.05) is 20.1 Å². The molecule has 9 nitrogen and oxygen atoms in total. The number of aliphatic hydroxyl groups is 1. The summed E-state index contributed by atoms with van der Waals surface area (Å²) in [5, 5.41) is 19.4. The molecule has 1 aliphatic carbocycles. The number of carboxylic acid groups (broad SMARTS) is 1. The maximum Gasteiger partial charge on any atom is 0.339 e. The number of ether oxygens (including phenoxy) is 1. The molecule has 36 heavy (non-hydrogen) atoms. The number of methoxy groups -OCH3 is 1. The van der Waals surface area contributed by atoms with Gasteiger partial charge in [-0.3, -0.25) is 14.2 Å². The van der Waals surface area contributed by atoms with Gasteiger partial charge in [0.25, 0.3) is 10.1 Å². The van der Waals surface area contributed by atoms with Crippen molar-refractivity contribution < 1.29 is 41.9 Å². The van der Waals surface area contributed by atoms with Gasteiger partial charge in [-0.05, 0) is 54.8 Å². The average Bonchev–Trinajstić information content (AvgIpc) is 2.77. The Labute approximate surface area is 213 Å². The third-order valence-corrected chi connectivity index (χ3v) is 5.70. The number of benzene rings is 2. The number of hydrogen-bond donors (Lipinski definition) is 3. The van der Waals surface area contributed by atoms with Gasteiger partial charge in [-0.25, -0.2) is 9.18 Å². The number of nitrogens with zero attached hydrogens (tertiary/aromatic N) is 1. The SMILES string of the molecule is COc1cc2c(cc1Cc1cccc(Cl)c1F)C(=O)C(C(=O)O)=CC2N(CO)C(C)C.CS(=O)(=O)O. The zero-order chi connectivity index (χ0) is 27.4. The van der Waals surface area contributed by atoms with Gasteiger partial charge in [-0.2, -0.15) is 8.42 Å². The summed E-state index contributed by atoms with van der Waals surface area (Å²) in [6.45, 7) is 3.37. The lowest BCUT2D eigenvalue weighted by Gasteiger charge is -2.35. The number of hydrogen-bond acceptors (Lipinski definition) is 7. The van der Waals surface area contributed by atoms with Crippen LogP contribution >= 0.6 is 11.6 Å². The minimum absolute atomic E-state index is 0.0165. The molecule has 196 valence electrons. The van der Waals surface area contributed by atoms with Crippen molar-refractivity contribution in [1.29, 1.82) is 0 Å². The van der Waals surface area contributed by atoms with Gasteiger partial charge in [0.15, 0.2) is 5.78 Å². The standard InChI is InChI=1S/C23H23ClFNO5.CH4O3S/c1-12(2)26(11-27)19-9-17(23(29)30)22(28)16-8-14(20(31-3)10-15(16)19)7-13-5-4-6-18(24)21(13)25;1-5(2,3)4/h4-6,8-10,12,19,27H,7,11H2,1-3H3,(H,29,30);1H3,(H,2,3,4). The summed E-state index contributed by atoms with van der Waals surface area (Å²) in [6, 6.07) is 7.06. The smallest absolute Gasteiger partial charge is 0.339 e. The van der Waals surface area contributed by atoms with Crippen molar-refractivity contribution >= 4 is 33.5 Å². The van der Waals surface area contributed by atoms with Crippen molar-refractivity contribution in [3.05, 3.63) is 75.1 Å². The van der Waals surface area contributed by atoms with Gasteiger partial charge in [0.1, 0.15) is 17.1 Å². The number of Topliss-reactive ketones (excluding diaryl/α,β-unsaturated/α-hetero) is 1. The molecule has 0 bridgehead atoms. The quantitative estimate of drug-likeness (QED) is 0.272. The van der Waals surface area contributed by atoms with Gasteiger partial charge >= 0.3 is 5.97 Å². The Morgan fingerprint density at radius 2 is 1.86 bits per heavy atom. The van der Waals surface area contributed by atoms with Crippen molar-refractivity contribution in [3.63, 3.8) is 0 Å². The van der Waals surface area contributed by atoms with E-state index < -0.39 is 33.7 Å². The first-order chi connectivity index (χ1) is 16.7. The van der Waals surface area contributed by atoms with Crippen molar-refractivity contribution in [2.45, 2.75) is 32.4 Å². The highest BCUT2D eigenvalue weighted by molar-refractivity contribution is 7.85. The first kappa shape index (κ1) is 29.4. The molecular formula is C24H27ClFNO8S. The van der Waals surface area contributed by atoms with Crippen LogP contribution in [0.1, 0.15) is 46.9 Å². The molecule has 0 radical (unpaired) electrons. The second kappa shape index (κ2) is 11.9. The highest BCUT2D eigenvalue weighted by Gasteiger charge is 2.35. The lowest BCUT2D eigenvalue weighted by Crippen LogP contribution is -2.38. The second-order valence-electron chi connectivity index (χ2n) is 8.28. The normalized spacial score (nSPS) is 15.2. The molecule has 0 aromatic heterocycles. The number of aliphatic carboxylic acids is 1. The first-order valence-corrected chi connectivity index (χ1v) is 12.8. The van der Waals surface area contributed by atoms with E-state index in [9.17, 15) is 32.6 Å². The summed E-state index contributed by atoms with van der Waals surface area (Å²) in [5.74, 6) is -2.13. The lowest BCUT2D eigenvalue weighted by atomic mass is 9.84. The van der Waals surface area contributed by atoms with Gasteiger partial charge in [-0.1, -0.05) is 23.7 Å². The van der Waals surface area contributed by atoms with E-state index in [0.29, 0.717) is 28.7 Å². The van der Waals surface area contributed by atoms with E-state index in [-0.39, 0.29) is 35.4 Å². The summed E-state index contributed by atoms with van der Waals surface area (Å²) < 4.78 is 45.8. The Hall–Kier alpha value is -2.83. The molecule has 3 N–H and O–H groups in total. The molecule has 1 unspecified atom stereocenters. The molecule has 0 amide bonds. The number of carboxylic acids is 1. The van der Waals surface area contributed by atoms with E-state index in [1.54, 1.807) is 23.1 Å². The van der Waals surface area contributed by atoms with Gasteiger partial charge < -0.3 is 14.9 Å². The Morgan fingerprint density at radius 3 is 2.36 bits per heavy atom. The number of carbonyl (C=O) groups is 2. The molecule has 1 atom stereocenters.